The summed E-state index contributed by atoms with van der Waals surface area (Å²) < 4.78 is 15.0. The van der Waals surface area contributed by atoms with Crippen molar-refractivity contribution in [1.82, 2.24) is 20.0 Å². The molecular weight excluding hydrogens is 458 g/mol. The van der Waals surface area contributed by atoms with Crippen molar-refractivity contribution in [2.45, 2.75) is 19.9 Å². The molecule has 0 atom stereocenters. The molecule has 2 heterocycles. The van der Waals surface area contributed by atoms with Gasteiger partial charge in [0, 0.05) is 58.2 Å². The normalized spacial score (nSPS) is 14.9. The predicted molar refractivity (Wildman–Crippen MR) is 119 cm³/mol. The Morgan fingerprint density at radius 3 is 2.48 bits per heavy atom. The van der Waals surface area contributed by atoms with Gasteiger partial charge in [0.2, 0.25) is 0 Å². The lowest BCUT2D eigenvalue weighted by molar-refractivity contribution is 0.371. The zero-order chi connectivity index (χ0) is 18.4. The van der Waals surface area contributed by atoms with E-state index in [2.05, 4.69) is 38.3 Å². The third kappa shape index (κ3) is 6.08. The van der Waals surface area contributed by atoms with Crippen LogP contribution in [-0.4, -0.2) is 60.4 Å². The monoisotopic (exact) mass is 486 g/mol. The van der Waals surface area contributed by atoms with Crippen molar-refractivity contribution < 1.29 is 4.39 Å². The molecule has 1 aromatic heterocycles. The molecule has 27 heavy (non-hydrogen) atoms. The Hall–Kier alpha value is -1.84. The van der Waals surface area contributed by atoms with Crippen molar-refractivity contribution >= 4 is 35.6 Å². The van der Waals surface area contributed by atoms with E-state index in [-0.39, 0.29) is 29.8 Å². The van der Waals surface area contributed by atoms with Crippen LogP contribution in [0.1, 0.15) is 12.0 Å². The van der Waals surface area contributed by atoms with Crippen molar-refractivity contribution in [2.75, 3.05) is 44.7 Å². The lowest BCUT2D eigenvalue weighted by atomic mass is 10.2. The summed E-state index contributed by atoms with van der Waals surface area (Å²) in [6, 6.07) is 6.72. The van der Waals surface area contributed by atoms with Gasteiger partial charge in [0.1, 0.15) is 5.82 Å². The van der Waals surface area contributed by atoms with Gasteiger partial charge >= 0.3 is 0 Å². The van der Waals surface area contributed by atoms with Gasteiger partial charge in [-0.1, -0.05) is 0 Å². The van der Waals surface area contributed by atoms with Gasteiger partial charge in [-0.05, 0) is 43.2 Å². The standard InChI is InChI=1S/C19H27FN6.HI/c1-16-14-23-26(15-16)9-3-8-22-19(21-2)25-12-10-24(11-13-25)18-6-4-17(20)5-7-18;/h4-7,14-15H,3,8-13H2,1-2H3,(H,21,22);1H. The lowest BCUT2D eigenvalue weighted by Gasteiger charge is -2.37. The fraction of sp³-hybridized carbons (Fsp3) is 0.474. The SMILES string of the molecule is CN=C(NCCCn1cc(C)cn1)N1CCN(c2ccc(F)cc2)CC1.I. The molecule has 0 radical (unpaired) electrons. The molecule has 0 bridgehead atoms. The second-order valence-electron chi connectivity index (χ2n) is 6.56. The minimum atomic E-state index is -0.192. The first kappa shape index (κ1) is 21.5. The summed E-state index contributed by atoms with van der Waals surface area (Å²) in [5.74, 6) is 0.752. The molecule has 3 rings (SSSR count). The molecule has 1 aliphatic heterocycles. The number of hydrogen-bond acceptors (Lipinski definition) is 3. The Morgan fingerprint density at radius 2 is 1.89 bits per heavy atom. The number of aliphatic imine (C=N–C) groups is 1. The fourth-order valence-corrected chi connectivity index (χ4v) is 3.19. The summed E-state index contributed by atoms with van der Waals surface area (Å²) in [5, 5.41) is 7.75. The van der Waals surface area contributed by atoms with E-state index in [1.807, 2.05) is 30.1 Å². The number of piperazine rings is 1. The van der Waals surface area contributed by atoms with Crippen molar-refractivity contribution in [2.24, 2.45) is 4.99 Å². The van der Waals surface area contributed by atoms with Crippen molar-refractivity contribution in [3.8, 4) is 0 Å². The summed E-state index contributed by atoms with van der Waals surface area (Å²) >= 11 is 0. The average molecular weight is 486 g/mol. The molecule has 6 nitrogen and oxygen atoms in total. The smallest absolute Gasteiger partial charge is 0.193 e. The number of aryl methyl sites for hydroxylation is 2. The number of benzene rings is 1. The van der Waals surface area contributed by atoms with Crippen LogP contribution >= 0.6 is 24.0 Å². The van der Waals surface area contributed by atoms with Crippen LogP contribution in [0.2, 0.25) is 0 Å². The molecule has 0 unspecified atom stereocenters. The zero-order valence-corrected chi connectivity index (χ0v) is 18.3. The van der Waals surface area contributed by atoms with Crippen LogP contribution < -0.4 is 10.2 Å². The molecule has 0 saturated carbocycles. The molecule has 1 fully saturated rings. The van der Waals surface area contributed by atoms with Gasteiger partial charge in [-0.3, -0.25) is 9.67 Å². The summed E-state index contributed by atoms with van der Waals surface area (Å²) in [6.07, 6.45) is 4.94. The Balaban J connectivity index is 0.00000261. The van der Waals surface area contributed by atoms with Crippen molar-refractivity contribution in [3.63, 3.8) is 0 Å². The molecular formula is C19H28FIN6. The molecule has 0 aliphatic carbocycles. The highest BCUT2D eigenvalue weighted by Gasteiger charge is 2.19. The van der Waals surface area contributed by atoms with Gasteiger partial charge in [-0.25, -0.2) is 4.39 Å². The van der Waals surface area contributed by atoms with E-state index < -0.39 is 0 Å². The maximum Gasteiger partial charge on any atom is 0.193 e. The minimum Gasteiger partial charge on any atom is -0.368 e. The largest absolute Gasteiger partial charge is 0.368 e. The highest BCUT2D eigenvalue weighted by atomic mass is 127. The first-order valence-electron chi connectivity index (χ1n) is 9.11. The maximum absolute atomic E-state index is 13.1. The van der Waals surface area contributed by atoms with E-state index in [4.69, 9.17) is 0 Å². The van der Waals surface area contributed by atoms with Crippen LogP contribution in [0.3, 0.4) is 0 Å². The highest BCUT2D eigenvalue weighted by molar-refractivity contribution is 14.0. The van der Waals surface area contributed by atoms with Crippen LogP contribution in [-0.2, 0) is 6.54 Å². The fourth-order valence-electron chi connectivity index (χ4n) is 3.19. The second-order valence-corrected chi connectivity index (χ2v) is 6.56. The van der Waals surface area contributed by atoms with E-state index >= 15 is 0 Å². The van der Waals surface area contributed by atoms with Crippen molar-refractivity contribution in [3.05, 3.63) is 48.0 Å². The lowest BCUT2D eigenvalue weighted by Crippen LogP contribution is -2.52. The zero-order valence-electron chi connectivity index (χ0n) is 15.9. The summed E-state index contributed by atoms with van der Waals surface area (Å²) in [4.78, 5) is 8.97. The summed E-state index contributed by atoms with van der Waals surface area (Å²) in [5.41, 5.74) is 2.26. The average Bonchev–Trinajstić information content (AvgIpc) is 3.08. The van der Waals surface area contributed by atoms with Crippen LogP contribution in [0.15, 0.2) is 41.7 Å². The van der Waals surface area contributed by atoms with Crippen LogP contribution in [0, 0.1) is 12.7 Å². The number of nitrogens with zero attached hydrogens (tertiary/aromatic N) is 5. The molecule has 0 amide bonds. The minimum absolute atomic E-state index is 0. The van der Waals surface area contributed by atoms with Crippen molar-refractivity contribution in [1.29, 1.82) is 0 Å². The number of hydrogen-bond donors (Lipinski definition) is 1. The molecule has 8 heteroatoms. The Morgan fingerprint density at radius 1 is 1.19 bits per heavy atom. The van der Waals surface area contributed by atoms with E-state index in [1.165, 1.54) is 17.7 Å². The predicted octanol–water partition coefficient (Wildman–Crippen LogP) is 2.74. The number of anilines is 1. The first-order chi connectivity index (χ1) is 12.7. The molecule has 1 aromatic carbocycles. The van der Waals surface area contributed by atoms with Gasteiger partial charge in [0.05, 0.1) is 6.20 Å². The molecule has 1 N–H and O–H groups in total. The summed E-state index contributed by atoms with van der Waals surface area (Å²) in [7, 11) is 1.82. The molecule has 0 spiro atoms. The maximum atomic E-state index is 13.1. The number of rotatable bonds is 5. The van der Waals surface area contributed by atoms with Gasteiger partial charge in [0.25, 0.3) is 0 Å². The van der Waals surface area contributed by atoms with Crippen LogP contribution in [0.4, 0.5) is 10.1 Å². The van der Waals surface area contributed by atoms with Gasteiger partial charge < -0.3 is 15.1 Å². The van der Waals surface area contributed by atoms with Crippen LogP contribution in [0.25, 0.3) is 0 Å². The van der Waals surface area contributed by atoms with Gasteiger partial charge in [0.15, 0.2) is 5.96 Å². The van der Waals surface area contributed by atoms with E-state index in [0.717, 1.165) is 57.3 Å². The molecule has 2 aromatic rings. The molecule has 1 saturated heterocycles. The second kappa shape index (κ2) is 10.5. The Labute approximate surface area is 177 Å². The Bertz CT molecular complexity index is 722. The third-order valence-corrected chi connectivity index (χ3v) is 4.59. The number of halogens is 2. The number of guanidine groups is 1. The van der Waals surface area contributed by atoms with Gasteiger partial charge in [-0.2, -0.15) is 5.10 Å². The highest BCUT2D eigenvalue weighted by Crippen LogP contribution is 2.16. The molecule has 1 aliphatic rings. The first-order valence-corrected chi connectivity index (χ1v) is 9.11. The number of aromatic nitrogens is 2. The Kier molecular flexibility index (Phi) is 8.33. The van der Waals surface area contributed by atoms with Crippen LogP contribution in [0.5, 0.6) is 0 Å². The summed E-state index contributed by atoms with van der Waals surface area (Å²) in [6.45, 7) is 7.41. The van der Waals surface area contributed by atoms with E-state index in [1.54, 1.807) is 0 Å². The van der Waals surface area contributed by atoms with Gasteiger partial charge in [-0.15, -0.1) is 24.0 Å². The topological polar surface area (TPSA) is 48.7 Å². The number of nitrogens with one attached hydrogen (secondary N) is 1. The van der Waals surface area contributed by atoms with E-state index in [9.17, 15) is 4.39 Å². The van der Waals surface area contributed by atoms with E-state index in [0.29, 0.717) is 0 Å². The molecule has 148 valence electrons. The third-order valence-electron chi connectivity index (χ3n) is 4.59. The quantitative estimate of drug-likeness (QED) is 0.306.